The van der Waals surface area contributed by atoms with Crippen LogP contribution in [0.2, 0.25) is 0 Å². The predicted octanol–water partition coefficient (Wildman–Crippen LogP) is 3.37. The van der Waals surface area contributed by atoms with Gasteiger partial charge in [0.1, 0.15) is 5.56 Å². The van der Waals surface area contributed by atoms with Crippen LogP contribution >= 0.6 is 0 Å². The van der Waals surface area contributed by atoms with Crippen molar-refractivity contribution in [2.75, 3.05) is 25.9 Å². The molecule has 3 aromatic heterocycles. The molecule has 212 valence electrons. The Morgan fingerprint density at radius 2 is 1.93 bits per heavy atom. The smallest absolute Gasteiger partial charge is 0.264 e. The number of aldehydes is 1. The van der Waals surface area contributed by atoms with Crippen LogP contribution in [-0.4, -0.2) is 56.4 Å². The van der Waals surface area contributed by atoms with Gasteiger partial charge >= 0.3 is 0 Å². The van der Waals surface area contributed by atoms with Gasteiger partial charge in [0.2, 0.25) is 5.91 Å². The number of aromatic nitrogens is 4. The van der Waals surface area contributed by atoms with Crippen LogP contribution in [0.15, 0.2) is 77.9 Å². The van der Waals surface area contributed by atoms with Crippen LogP contribution in [0.5, 0.6) is 0 Å². The summed E-state index contributed by atoms with van der Waals surface area (Å²) in [5.74, 6) is 6.60. The van der Waals surface area contributed by atoms with Crippen LogP contribution in [0.25, 0.3) is 22.1 Å². The Morgan fingerprint density at radius 1 is 1.12 bits per heavy atom. The van der Waals surface area contributed by atoms with Gasteiger partial charge in [-0.3, -0.25) is 19.0 Å². The zero-order valence-corrected chi connectivity index (χ0v) is 23.4. The van der Waals surface area contributed by atoms with Crippen molar-refractivity contribution in [1.82, 2.24) is 29.4 Å². The number of nitrogens with zero attached hydrogens (tertiary/aromatic N) is 5. The summed E-state index contributed by atoms with van der Waals surface area (Å²) in [5.41, 5.74) is 8.62. The first-order valence-corrected chi connectivity index (χ1v) is 13.6. The van der Waals surface area contributed by atoms with Crippen molar-refractivity contribution in [3.05, 3.63) is 100 Å². The largest absolute Gasteiger partial charge is 0.382 e. The summed E-state index contributed by atoms with van der Waals surface area (Å²) in [7, 11) is 1.89. The first-order valence-electron chi connectivity index (χ1n) is 13.6. The highest BCUT2D eigenvalue weighted by Crippen LogP contribution is 2.23. The van der Waals surface area contributed by atoms with E-state index in [9.17, 15) is 14.4 Å². The molecule has 42 heavy (non-hydrogen) atoms. The molecule has 4 heterocycles. The quantitative estimate of drug-likeness (QED) is 0.249. The molecule has 0 aliphatic carbocycles. The number of fused-ring (bicyclic) bond motifs is 2. The lowest BCUT2D eigenvalue weighted by Gasteiger charge is -2.19. The Morgan fingerprint density at radius 3 is 2.64 bits per heavy atom. The van der Waals surface area contributed by atoms with Crippen LogP contribution in [0.1, 0.15) is 47.4 Å². The van der Waals surface area contributed by atoms with Gasteiger partial charge < -0.3 is 16.0 Å². The van der Waals surface area contributed by atoms with Gasteiger partial charge in [0.05, 0.1) is 11.9 Å². The van der Waals surface area contributed by atoms with Crippen LogP contribution in [0, 0.1) is 11.8 Å². The van der Waals surface area contributed by atoms with E-state index in [1.165, 1.54) is 4.52 Å². The Labute approximate surface area is 242 Å². The fourth-order valence-corrected chi connectivity index (χ4v) is 4.93. The second kappa shape index (κ2) is 12.5. The van der Waals surface area contributed by atoms with Crippen LogP contribution in [-0.2, 0) is 4.79 Å². The fourth-order valence-electron chi connectivity index (χ4n) is 4.93. The van der Waals surface area contributed by atoms with Gasteiger partial charge in [0, 0.05) is 48.3 Å². The zero-order chi connectivity index (χ0) is 29.6. The van der Waals surface area contributed by atoms with E-state index in [1.807, 2.05) is 62.5 Å². The number of amides is 1. The third-order valence-electron chi connectivity index (χ3n) is 7.21. The number of benzene rings is 2. The number of carbonyl (C=O) groups excluding carboxylic acids is 2. The Kier molecular flexibility index (Phi) is 8.41. The summed E-state index contributed by atoms with van der Waals surface area (Å²) in [4.78, 5) is 41.7. The second-order valence-corrected chi connectivity index (χ2v) is 9.85. The van der Waals surface area contributed by atoms with Crippen molar-refractivity contribution in [2.45, 2.75) is 25.8 Å². The Balaban J connectivity index is 0.000000244. The molecule has 1 atom stereocenters. The maximum atomic E-state index is 13.7. The predicted molar refractivity (Wildman–Crippen MR) is 162 cm³/mol. The maximum Gasteiger partial charge on any atom is 0.264 e. The molecule has 0 radical (unpaired) electrons. The number of rotatable bonds is 5. The molecule has 1 amide bonds. The first kappa shape index (κ1) is 28.3. The van der Waals surface area contributed by atoms with Crippen molar-refractivity contribution in [1.29, 1.82) is 0 Å². The highest BCUT2D eigenvalue weighted by Gasteiger charge is 2.19. The number of nitrogens with one attached hydrogen (secondary N) is 1. The summed E-state index contributed by atoms with van der Waals surface area (Å²) in [6.07, 6.45) is 5.42. The van der Waals surface area contributed by atoms with Crippen molar-refractivity contribution >= 4 is 34.4 Å². The van der Waals surface area contributed by atoms with Crippen LogP contribution in [0.4, 0.5) is 5.82 Å². The minimum atomic E-state index is -0.0852. The van der Waals surface area contributed by atoms with Gasteiger partial charge in [-0.05, 0) is 56.1 Å². The molecule has 1 fully saturated rings. The molecule has 10 heteroatoms. The summed E-state index contributed by atoms with van der Waals surface area (Å²) >= 11 is 0. The number of hydrogen-bond acceptors (Lipinski definition) is 7. The highest BCUT2D eigenvalue weighted by atomic mass is 16.2. The normalized spacial score (nSPS) is 13.4. The van der Waals surface area contributed by atoms with E-state index in [2.05, 4.69) is 33.3 Å². The van der Waals surface area contributed by atoms with Crippen molar-refractivity contribution < 1.29 is 9.59 Å². The minimum Gasteiger partial charge on any atom is -0.382 e. The highest BCUT2D eigenvalue weighted by molar-refractivity contribution is 5.90. The van der Waals surface area contributed by atoms with Crippen molar-refractivity contribution in [3.63, 3.8) is 0 Å². The number of likely N-dealkylation sites (tertiary alicyclic amines) is 1. The van der Waals surface area contributed by atoms with E-state index in [0.29, 0.717) is 41.4 Å². The van der Waals surface area contributed by atoms with Gasteiger partial charge in [-0.25, -0.2) is 9.50 Å². The molecule has 6 rings (SSSR count). The van der Waals surface area contributed by atoms with Crippen LogP contribution in [0.3, 0.4) is 0 Å². The summed E-state index contributed by atoms with van der Waals surface area (Å²) < 4.78 is 3.23. The molecule has 0 bridgehead atoms. The van der Waals surface area contributed by atoms with Gasteiger partial charge in [0.15, 0.2) is 17.8 Å². The van der Waals surface area contributed by atoms with Gasteiger partial charge in [-0.15, -0.1) is 5.10 Å². The second-order valence-electron chi connectivity index (χ2n) is 9.85. The number of nitrogen functional groups attached to an aromatic ring is 1. The molecule has 2 aromatic carbocycles. The molecule has 1 unspecified atom stereocenters. The number of anilines is 1. The van der Waals surface area contributed by atoms with E-state index in [0.717, 1.165) is 29.7 Å². The molecule has 1 aliphatic rings. The number of para-hydroxylation sites is 1. The topological polar surface area (TPSA) is 128 Å². The van der Waals surface area contributed by atoms with Gasteiger partial charge in [-0.1, -0.05) is 42.2 Å². The van der Waals surface area contributed by atoms with E-state index >= 15 is 0 Å². The Hall–Kier alpha value is -5.27. The summed E-state index contributed by atoms with van der Waals surface area (Å²) in [6.45, 7) is 3.20. The van der Waals surface area contributed by atoms with E-state index in [4.69, 9.17) is 5.73 Å². The van der Waals surface area contributed by atoms with Gasteiger partial charge in [0.25, 0.3) is 5.56 Å². The SMILES string of the molecule is CNC(C)c1cc2cccc(C#CCN3CCCC3=O)c2c(=O)n1-c1ccccc1.Nc1nn2cccnc2c1C=O. The molecule has 1 saturated heterocycles. The number of hydrogen-bond donors (Lipinski definition) is 2. The molecule has 0 spiro atoms. The van der Waals surface area contributed by atoms with E-state index in [-0.39, 0.29) is 23.3 Å². The number of nitrogens with two attached hydrogens (primary N) is 1. The molecular weight excluding hydrogens is 530 g/mol. The van der Waals surface area contributed by atoms with Crippen molar-refractivity contribution in [2.24, 2.45) is 0 Å². The Bertz CT molecular complexity index is 1880. The third kappa shape index (κ3) is 5.64. The maximum absolute atomic E-state index is 13.7. The molecule has 5 aromatic rings. The van der Waals surface area contributed by atoms with Crippen LogP contribution < -0.4 is 16.6 Å². The standard InChI is InChI=1S/C25H25N3O2.C7H6N4O/c1-18(26-2)22-17-20-10-6-9-19(11-7-15-27-16-8-14-23(27)29)24(20)25(30)28(22)21-12-4-3-5-13-21;8-6-5(4-12)7-9-2-1-3-11(7)10-6/h3-6,9-10,12-13,17-18,26H,8,14-16H2,1-2H3;1-4H,(H2,8,10). The third-order valence-corrected chi connectivity index (χ3v) is 7.21. The number of pyridine rings is 1. The van der Waals surface area contributed by atoms with E-state index < -0.39 is 0 Å². The molecule has 10 nitrogen and oxygen atoms in total. The zero-order valence-electron chi connectivity index (χ0n) is 23.4. The molecule has 1 aliphatic heterocycles. The average molecular weight is 562 g/mol. The van der Waals surface area contributed by atoms with Gasteiger partial charge in [-0.2, -0.15) is 0 Å². The first-order chi connectivity index (χ1) is 20.4. The summed E-state index contributed by atoms with van der Waals surface area (Å²) in [5, 5.41) is 8.60. The lowest BCUT2D eigenvalue weighted by atomic mass is 10.0. The number of carbonyl (C=O) groups is 2. The summed E-state index contributed by atoms with van der Waals surface area (Å²) in [6, 6.07) is 19.2. The monoisotopic (exact) mass is 561 g/mol. The minimum absolute atomic E-state index is 0.00164. The molecular formula is C32H31N7O3. The van der Waals surface area contributed by atoms with Crippen molar-refractivity contribution in [3.8, 4) is 17.5 Å². The lowest BCUT2D eigenvalue weighted by molar-refractivity contribution is -0.127. The molecule has 3 N–H and O–H groups in total. The fraction of sp³-hybridized carbons (Fsp3) is 0.219. The molecule has 0 saturated carbocycles. The average Bonchev–Trinajstić information content (AvgIpc) is 3.58. The van der Waals surface area contributed by atoms with E-state index in [1.54, 1.807) is 27.9 Å². The lowest BCUT2D eigenvalue weighted by Crippen LogP contribution is -2.27.